The minimum Gasteiger partial charge on any atom is -0.384 e. The Kier molecular flexibility index (Phi) is 3.34. The molecular formula is C11H11ClN4O2S. The van der Waals surface area contributed by atoms with Gasteiger partial charge in [-0.25, -0.2) is 13.1 Å². The summed E-state index contributed by atoms with van der Waals surface area (Å²) in [7, 11) is -3.33. The summed E-state index contributed by atoms with van der Waals surface area (Å²) < 4.78 is 24.2. The van der Waals surface area contributed by atoms with Crippen molar-refractivity contribution in [1.29, 1.82) is 5.41 Å². The number of nitrogens with one attached hydrogen (secondary N) is 1. The van der Waals surface area contributed by atoms with Crippen molar-refractivity contribution in [2.24, 2.45) is 5.73 Å². The zero-order valence-electron chi connectivity index (χ0n) is 9.96. The smallest absolute Gasteiger partial charge is 0.178 e. The van der Waals surface area contributed by atoms with Crippen molar-refractivity contribution in [2.75, 3.05) is 6.26 Å². The number of benzene rings is 1. The fourth-order valence-electron chi connectivity index (χ4n) is 1.55. The van der Waals surface area contributed by atoms with Gasteiger partial charge in [0.05, 0.1) is 11.9 Å². The lowest BCUT2D eigenvalue weighted by atomic mass is 10.1. The standard InChI is InChI=1S/C11H11ClN4O2S/c1-19(17,18)8-5-15-16(6-8)10-4-7(12)2-3-9(10)11(13)14/h2-6H,1H3,(H3,13,14). The lowest BCUT2D eigenvalue weighted by molar-refractivity contribution is 0.602. The number of sulfone groups is 1. The molecule has 6 nitrogen and oxygen atoms in total. The van der Waals surface area contributed by atoms with Gasteiger partial charge in [0, 0.05) is 23.0 Å². The molecule has 0 unspecified atom stereocenters. The molecule has 2 aromatic rings. The Morgan fingerprint density at radius 1 is 1.47 bits per heavy atom. The first-order valence-corrected chi connectivity index (χ1v) is 7.45. The van der Waals surface area contributed by atoms with E-state index in [4.69, 9.17) is 22.7 Å². The van der Waals surface area contributed by atoms with E-state index < -0.39 is 9.84 Å². The molecule has 0 saturated carbocycles. The molecule has 0 atom stereocenters. The number of nitrogen functional groups attached to an aromatic ring is 1. The monoisotopic (exact) mass is 298 g/mol. The van der Waals surface area contributed by atoms with E-state index in [2.05, 4.69) is 5.10 Å². The van der Waals surface area contributed by atoms with Crippen LogP contribution < -0.4 is 5.73 Å². The van der Waals surface area contributed by atoms with Crippen molar-refractivity contribution in [3.05, 3.63) is 41.2 Å². The van der Waals surface area contributed by atoms with Gasteiger partial charge in [-0.15, -0.1) is 0 Å². The average molecular weight is 299 g/mol. The van der Waals surface area contributed by atoms with Crippen LogP contribution >= 0.6 is 11.6 Å². The molecule has 1 heterocycles. The highest BCUT2D eigenvalue weighted by Crippen LogP contribution is 2.20. The predicted octanol–water partition coefficient (Wildman–Crippen LogP) is 1.21. The van der Waals surface area contributed by atoms with E-state index in [0.29, 0.717) is 16.3 Å². The normalized spacial score (nSPS) is 11.5. The van der Waals surface area contributed by atoms with Gasteiger partial charge < -0.3 is 5.73 Å². The second-order valence-corrected chi connectivity index (χ2v) is 6.42. The van der Waals surface area contributed by atoms with Crippen LogP contribution in [-0.2, 0) is 9.84 Å². The molecular weight excluding hydrogens is 288 g/mol. The lowest BCUT2D eigenvalue weighted by Crippen LogP contribution is -2.15. The zero-order chi connectivity index (χ0) is 14.2. The Labute approximate surface area is 115 Å². The second kappa shape index (κ2) is 4.67. The van der Waals surface area contributed by atoms with Crippen LogP contribution in [0, 0.1) is 5.41 Å². The molecule has 0 amide bonds. The number of amidine groups is 1. The summed E-state index contributed by atoms with van der Waals surface area (Å²) in [4.78, 5) is 0.0852. The highest BCUT2D eigenvalue weighted by atomic mass is 35.5. The number of rotatable bonds is 3. The van der Waals surface area contributed by atoms with E-state index in [1.807, 2.05) is 0 Å². The van der Waals surface area contributed by atoms with Gasteiger partial charge in [0.25, 0.3) is 0 Å². The van der Waals surface area contributed by atoms with Gasteiger partial charge in [0.2, 0.25) is 0 Å². The first-order valence-electron chi connectivity index (χ1n) is 5.18. The molecule has 0 saturated heterocycles. The number of nitrogens with two attached hydrogens (primary N) is 1. The molecule has 100 valence electrons. The van der Waals surface area contributed by atoms with Gasteiger partial charge in [-0.05, 0) is 18.2 Å². The maximum absolute atomic E-state index is 11.4. The van der Waals surface area contributed by atoms with Crippen molar-refractivity contribution in [1.82, 2.24) is 9.78 Å². The van der Waals surface area contributed by atoms with Gasteiger partial charge in [-0.2, -0.15) is 5.10 Å². The average Bonchev–Trinajstić information content (AvgIpc) is 2.77. The summed E-state index contributed by atoms with van der Waals surface area (Å²) in [5, 5.41) is 11.9. The van der Waals surface area contributed by atoms with Crippen LogP contribution in [-0.4, -0.2) is 30.3 Å². The summed E-state index contributed by atoms with van der Waals surface area (Å²) in [6, 6.07) is 4.75. The van der Waals surface area contributed by atoms with Crippen molar-refractivity contribution in [2.45, 2.75) is 4.90 Å². The minimum absolute atomic E-state index is 0.0852. The highest BCUT2D eigenvalue weighted by Gasteiger charge is 2.14. The van der Waals surface area contributed by atoms with Gasteiger partial charge in [0.1, 0.15) is 10.7 Å². The summed E-state index contributed by atoms with van der Waals surface area (Å²) in [6.45, 7) is 0. The first kappa shape index (κ1) is 13.6. The van der Waals surface area contributed by atoms with Crippen LogP contribution in [0.15, 0.2) is 35.5 Å². The molecule has 1 aromatic heterocycles. The van der Waals surface area contributed by atoms with Crippen molar-refractivity contribution in [3.8, 4) is 5.69 Å². The Morgan fingerprint density at radius 3 is 2.68 bits per heavy atom. The van der Waals surface area contributed by atoms with Crippen molar-refractivity contribution < 1.29 is 8.42 Å². The fraction of sp³-hybridized carbons (Fsp3) is 0.0909. The summed E-state index contributed by atoms with van der Waals surface area (Å²) in [5.74, 6) is -0.150. The molecule has 0 aliphatic carbocycles. The largest absolute Gasteiger partial charge is 0.384 e. The molecule has 0 spiro atoms. The molecule has 0 bridgehead atoms. The molecule has 2 rings (SSSR count). The van der Waals surface area contributed by atoms with E-state index in [1.54, 1.807) is 18.2 Å². The Balaban J connectivity index is 2.62. The molecule has 8 heteroatoms. The number of hydrogen-bond donors (Lipinski definition) is 2. The van der Waals surface area contributed by atoms with E-state index in [9.17, 15) is 8.42 Å². The minimum atomic E-state index is -3.33. The number of halogens is 1. The molecule has 1 aromatic carbocycles. The van der Waals surface area contributed by atoms with Gasteiger partial charge in [0.15, 0.2) is 9.84 Å². The maximum Gasteiger partial charge on any atom is 0.178 e. The highest BCUT2D eigenvalue weighted by molar-refractivity contribution is 7.90. The first-order chi connectivity index (χ1) is 8.79. The lowest BCUT2D eigenvalue weighted by Gasteiger charge is -2.08. The van der Waals surface area contributed by atoms with Crippen molar-refractivity contribution >= 4 is 27.3 Å². The molecule has 0 aliphatic rings. The Hall–Kier alpha value is -1.86. The van der Waals surface area contributed by atoms with Crippen LogP contribution in [0.4, 0.5) is 0 Å². The van der Waals surface area contributed by atoms with Crippen LogP contribution in [0.25, 0.3) is 5.69 Å². The summed E-state index contributed by atoms with van der Waals surface area (Å²) in [6.07, 6.45) is 3.69. The third-order valence-electron chi connectivity index (χ3n) is 2.48. The maximum atomic E-state index is 11.4. The van der Waals surface area contributed by atoms with Crippen LogP contribution in [0.5, 0.6) is 0 Å². The molecule has 0 fully saturated rings. The van der Waals surface area contributed by atoms with E-state index in [-0.39, 0.29) is 10.7 Å². The SMILES string of the molecule is CS(=O)(=O)c1cnn(-c2cc(Cl)ccc2C(=N)N)c1. The van der Waals surface area contributed by atoms with Crippen LogP contribution in [0.3, 0.4) is 0 Å². The fourth-order valence-corrected chi connectivity index (χ4v) is 2.25. The van der Waals surface area contributed by atoms with E-state index in [1.165, 1.54) is 17.1 Å². The molecule has 0 radical (unpaired) electrons. The zero-order valence-corrected chi connectivity index (χ0v) is 11.5. The molecule has 0 aliphatic heterocycles. The van der Waals surface area contributed by atoms with Gasteiger partial charge in [-0.3, -0.25) is 5.41 Å². The molecule has 3 N–H and O–H groups in total. The predicted molar refractivity (Wildman–Crippen MR) is 72.7 cm³/mol. The van der Waals surface area contributed by atoms with Crippen LogP contribution in [0.2, 0.25) is 5.02 Å². The Bertz CT molecular complexity index is 752. The third kappa shape index (κ3) is 2.77. The number of nitrogens with zero attached hydrogens (tertiary/aromatic N) is 2. The second-order valence-electron chi connectivity index (χ2n) is 3.97. The van der Waals surface area contributed by atoms with E-state index >= 15 is 0 Å². The summed E-state index contributed by atoms with van der Waals surface area (Å²) in [5.41, 5.74) is 6.35. The molecule has 19 heavy (non-hydrogen) atoms. The topological polar surface area (TPSA) is 102 Å². The summed E-state index contributed by atoms with van der Waals surface area (Å²) >= 11 is 5.90. The van der Waals surface area contributed by atoms with Crippen molar-refractivity contribution in [3.63, 3.8) is 0 Å². The van der Waals surface area contributed by atoms with E-state index in [0.717, 1.165) is 6.26 Å². The Morgan fingerprint density at radius 2 is 2.16 bits per heavy atom. The number of hydrogen-bond acceptors (Lipinski definition) is 4. The van der Waals surface area contributed by atoms with Gasteiger partial charge >= 0.3 is 0 Å². The third-order valence-corrected chi connectivity index (χ3v) is 3.79. The van der Waals surface area contributed by atoms with Crippen LogP contribution in [0.1, 0.15) is 5.56 Å². The van der Waals surface area contributed by atoms with Gasteiger partial charge in [-0.1, -0.05) is 11.6 Å². The number of aromatic nitrogens is 2. The quantitative estimate of drug-likeness (QED) is 0.657.